The lowest BCUT2D eigenvalue weighted by molar-refractivity contribution is 0.0342. The van der Waals surface area contributed by atoms with Gasteiger partial charge in [0.2, 0.25) is 0 Å². The molecule has 1 aliphatic heterocycles. The minimum absolute atomic E-state index is 0.307. The maximum absolute atomic E-state index is 11.8. The number of nitrogens with one attached hydrogen (secondary N) is 1. The molecule has 7 nitrogen and oxygen atoms in total. The summed E-state index contributed by atoms with van der Waals surface area (Å²) in [6, 6.07) is 7.48. The van der Waals surface area contributed by atoms with Crippen molar-refractivity contribution in [1.29, 1.82) is 0 Å². The van der Waals surface area contributed by atoms with Crippen molar-refractivity contribution in [2.75, 3.05) is 31.6 Å². The van der Waals surface area contributed by atoms with Gasteiger partial charge in [-0.15, -0.1) is 11.3 Å². The first kappa shape index (κ1) is 18.4. The van der Waals surface area contributed by atoms with Gasteiger partial charge in [0.1, 0.15) is 5.00 Å². The lowest BCUT2D eigenvalue weighted by Crippen LogP contribution is -2.35. The zero-order valence-electron chi connectivity index (χ0n) is 14.6. The normalized spacial score (nSPS) is 15.0. The highest BCUT2D eigenvalue weighted by molar-refractivity contribution is 7.20. The van der Waals surface area contributed by atoms with E-state index >= 15 is 0 Å². The van der Waals surface area contributed by atoms with Crippen molar-refractivity contribution < 1.29 is 14.3 Å². The Balaban J connectivity index is 1.84. The van der Waals surface area contributed by atoms with E-state index < -0.39 is 11.9 Å². The molecule has 1 saturated heterocycles. The van der Waals surface area contributed by atoms with Crippen LogP contribution in [0.15, 0.2) is 24.3 Å². The minimum Gasteiger partial charge on any atom is -0.379 e. The fraction of sp³-hybridized carbons (Fsp3) is 0.333. The second kappa shape index (κ2) is 7.86. The number of hydrogen-bond donors (Lipinski definition) is 3. The summed E-state index contributed by atoms with van der Waals surface area (Å²) < 4.78 is 5.37. The van der Waals surface area contributed by atoms with Gasteiger partial charge in [-0.2, -0.15) is 0 Å². The van der Waals surface area contributed by atoms with Crippen LogP contribution in [0.25, 0.3) is 10.4 Å². The second-order valence-electron chi connectivity index (χ2n) is 6.20. The van der Waals surface area contributed by atoms with Crippen LogP contribution < -0.4 is 16.8 Å². The van der Waals surface area contributed by atoms with E-state index in [4.69, 9.17) is 16.2 Å². The van der Waals surface area contributed by atoms with Gasteiger partial charge in [0, 0.05) is 24.5 Å². The van der Waals surface area contributed by atoms with Crippen LogP contribution in [-0.2, 0) is 11.3 Å². The van der Waals surface area contributed by atoms with Gasteiger partial charge in [-0.05, 0) is 23.6 Å². The van der Waals surface area contributed by atoms with Gasteiger partial charge >= 0.3 is 6.03 Å². The third-order valence-electron chi connectivity index (χ3n) is 4.36. The summed E-state index contributed by atoms with van der Waals surface area (Å²) >= 11 is 1.30. The molecule has 1 aromatic heterocycles. The number of nitrogens with zero attached hydrogens (tertiary/aromatic N) is 1. The van der Waals surface area contributed by atoms with E-state index in [0.717, 1.165) is 48.9 Å². The number of benzene rings is 1. The topological polar surface area (TPSA) is 111 Å². The molecule has 3 amide bonds. The average Bonchev–Trinajstić information content (AvgIpc) is 2.92. The molecule has 1 aromatic carbocycles. The third-order valence-corrected chi connectivity index (χ3v) is 5.61. The Hall–Kier alpha value is -2.42. The van der Waals surface area contributed by atoms with Crippen molar-refractivity contribution in [3.63, 3.8) is 0 Å². The molecule has 2 heterocycles. The van der Waals surface area contributed by atoms with Gasteiger partial charge in [-0.1, -0.05) is 24.3 Å². The lowest BCUT2D eigenvalue weighted by Gasteiger charge is -2.26. The molecule has 0 bridgehead atoms. The maximum atomic E-state index is 11.8. The van der Waals surface area contributed by atoms with Crippen LogP contribution in [0.1, 0.15) is 21.5 Å². The van der Waals surface area contributed by atoms with Crippen molar-refractivity contribution in [3.8, 4) is 10.4 Å². The number of carbonyl (C=O) groups excluding carboxylic acids is 2. The van der Waals surface area contributed by atoms with Crippen molar-refractivity contribution >= 4 is 28.3 Å². The molecule has 0 atom stereocenters. The van der Waals surface area contributed by atoms with Crippen LogP contribution in [0, 0.1) is 6.92 Å². The maximum Gasteiger partial charge on any atom is 0.317 e. The molecule has 26 heavy (non-hydrogen) atoms. The van der Waals surface area contributed by atoms with Gasteiger partial charge in [-0.3, -0.25) is 15.0 Å². The summed E-state index contributed by atoms with van der Waals surface area (Å²) in [5, 5.41) is 2.87. The molecule has 0 radical (unpaired) electrons. The molecule has 0 unspecified atom stereocenters. The highest BCUT2D eigenvalue weighted by Gasteiger charge is 2.21. The first-order chi connectivity index (χ1) is 12.5. The number of nitrogens with two attached hydrogens (primary N) is 2. The zero-order chi connectivity index (χ0) is 18.7. The highest BCUT2D eigenvalue weighted by atomic mass is 32.1. The minimum atomic E-state index is -0.721. The molecule has 0 aliphatic carbocycles. The van der Waals surface area contributed by atoms with E-state index in [1.807, 2.05) is 19.1 Å². The summed E-state index contributed by atoms with van der Waals surface area (Å²) in [4.78, 5) is 26.2. The van der Waals surface area contributed by atoms with Gasteiger partial charge in [-0.25, -0.2) is 4.79 Å². The standard InChI is InChI=1S/C18H22N4O3S/c1-11-14(16(19)23)17(21-18(20)24)26-15(11)13-4-2-12(3-5-13)10-22-6-8-25-9-7-22/h2-5H,6-10H2,1H3,(H2,19,23)(H3,20,21,24). The summed E-state index contributed by atoms with van der Waals surface area (Å²) in [6.07, 6.45) is 0. The van der Waals surface area contributed by atoms with E-state index in [-0.39, 0.29) is 0 Å². The van der Waals surface area contributed by atoms with Gasteiger partial charge in [0.15, 0.2) is 0 Å². The number of rotatable bonds is 5. The van der Waals surface area contributed by atoms with Crippen LogP contribution in [0.4, 0.5) is 9.80 Å². The number of morpholine rings is 1. The van der Waals surface area contributed by atoms with E-state index in [0.29, 0.717) is 10.6 Å². The Morgan fingerprint density at radius 1 is 1.19 bits per heavy atom. The van der Waals surface area contributed by atoms with Crippen molar-refractivity contribution in [1.82, 2.24) is 4.90 Å². The van der Waals surface area contributed by atoms with Crippen LogP contribution >= 0.6 is 11.3 Å². The molecule has 0 saturated carbocycles. The second-order valence-corrected chi connectivity index (χ2v) is 7.22. The first-order valence-corrected chi connectivity index (χ1v) is 9.16. The Labute approximate surface area is 155 Å². The number of carbonyl (C=O) groups is 2. The van der Waals surface area contributed by atoms with Crippen LogP contribution in [0.3, 0.4) is 0 Å². The highest BCUT2D eigenvalue weighted by Crippen LogP contribution is 2.39. The molecule has 138 valence electrons. The number of primary amides is 2. The van der Waals surface area contributed by atoms with E-state index in [2.05, 4.69) is 22.3 Å². The molecule has 8 heteroatoms. The Bertz CT molecular complexity index is 811. The monoisotopic (exact) mass is 374 g/mol. The molecular weight excluding hydrogens is 352 g/mol. The fourth-order valence-electron chi connectivity index (χ4n) is 3.06. The van der Waals surface area contributed by atoms with Crippen molar-refractivity contribution in [2.45, 2.75) is 13.5 Å². The van der Waals surface area contributed by atoms with Crippen molar-refractivity contribution in [3.05, 3.63) is 41.0 Å². The quantitative estimate of drug-likeness (QED) is 0.744. The van der Waals surface area contributed by atoms with Gasteiger partial charge in [0.25, 0.3) is 5.91 Å². The number of ether oxygens (including phenoxy) is 1. The SMILES string of the molecule is Cc1c(-c2ccc(CN3CCOCC3)cc2)sc(NC(N)=O)c1C(N)=O. The average molecular weight is 374 g/mol. The van der Waals surface area contributed by atoms with E-state index in [1.165, 1.54) is 16.9 Å². The molecule has 2 aromatic rings. The molecular formula is C18H22N4O3S. The van der Waals surface area contributed by atoms with Crippen LogP contribution in [-0.4, -0.2) is 43.1 Å². The predicted molar refractivity (Wildman–Crippen MR) is 102 cm³/mol. The predicted octanol–water partition coefficient (Wildman–Crippen LogP) is 2.15. The Kier molecular flexibility index (Phi) is 5.55. The Morgan fingerprint density at radius 2 is 1.85 bits per heavy atom. The number of hydrogen-bond acceptors (Lipinski definition) is 5. The fourth-order valence-corrected chi connectivity index (χ4v) is 4.29. The molecule has 0 spiro atoms. The number of urea groups is 1. The van der Waals surface area contributed by atoms with E-state index in [9.17, 15) is 9.59 Å². The van der Waals surface area contributed by atoms with E-state index in [1.54, 1.807) is 0 Å². The van der Waals surface area contributed by atoms with Crippen molar-refractivity contribution in [2.24, 2.45) is 11.5 Å². The smallest absolute Gasteiger partial charge is 0.317 e. The summed E-state index contributed by atoms with van der Waals surface area (Å²) in [5.74, 6) is -0.585. The zero-order valence-corrected chi connectivity index (χ0v) is 15.4. The summed E-state index contributed by atoms with van der Waals surface area (Å²) in [5.41, 5.74) is 13.9. The van der Waals surface area contributed by atoms with Crippen LogP contribution in [0.5, 0.6) is 0 Å². The summed E-state index contributed by atoms with van der Waals surface area (Å²) in [7, 11) is 0. The molecule has 5 N–H and O–H groups in total. The van der Waals surface area contributed by atoms with Gasteiger partial charge < -0.3 is 16.2 Å². The molecule has 1 fully saturated rings. The van der Waals surface area contributed by atoms with Gasteiger partial charge in [0.05, 0.1) is 18.8 Å². The van der Waals surface area contributed by atoms with Crippen LogP contribution in [0.2, 0.25) is 0 Å². The Morgan fingerprint density at radius 3 is 2.42 bits per heavy atom. The number of anilines is 1. The number of thiophene rings is 1. The molecule has 3 rings (SSSR count). The molecule has 1 aliphatic rings. The number of amides is 3. The largest absolute Gasteiger partial charge is 0.379 e. The lowest BCUT2D eigenvalue weighted by atomic mass is 10.0. The summed E-state index contributed by atoms with van der Waals surface area (Å²) in [6.45, 7) is 6.13. The first-order valence-electron chi connectivity index (χ1n) is 8.34. The third kappa shape index (κ3) is 4.04.